The number of rotatable bonds is 7. The molecule has 0 bridgehead atoms. The Morgan fingerprint density at radius 3 is 2.71 bits per heavy atom. The third kappa shape index (κ3) is 3.77. The standard InChI is InChI=1S/C26H27N5O4/c1-15-24(17(3)35-29-15)19-12-21-18(13-23(19)34-11-7-10-32)25-22(14-28-21)30(4)26(33)31(25)16(2)20-8-5-6-9-27-20/h5-6,8-9,12-14,16,32H,7,10-11H2,1-4H3. The van der Waals surface area contributed by atoms with Gasteiger partial charge in [-0.2, -0.15) is 0 Å². The molecule has 1 aromatic carbocycles. The van der Waals surface area contributed by atoms with Gasteiger partial charge in [0.1, 0.15) is 11.5 Å². The number of aliphatic hydroxyl groups excluding tert-OH is 1. The second-order valence-electron chi connectivity index (χ2n) is 8.62. The predicted molar refractivity (Wildman–Crippen MR) is 133 cm³/mol. The minimum Gasteiger partial charge on any atom is -0.493 e. The predicted octanol–water partition coefficient (Wildman–Crippen LogP) is 3.93. The van der Waals surface area contributed by atoms with E-state index in [9.17, 15) is 9.90 Å². The summed E-state index contributed by atoms with van der Waals surface area (Å²) in [6.45, 7) is 6.07. The van der Waals surface area contributed by atoms with Crippen LogP contribution in [-0.4, -0.2) is 42.6 Å². The Bertz CT molecular complexity index is 1560. The Morgan fingerprint density at radius 2 is 2.03 bits per heavy atom. The smallest absolute Gasteiger partial charge is 0.329 e. The minimum absolute atomic E-state index is 0.0276. The highest BCUT2D eigenvalue weighted by Crippen LogP contribution is 2.39. The molecular weight excluding hydrogens is 446 g/mol. The molecule has 0 radical (unpaired) electrons. The second kappa shape index (κ2) is 8.99. The number of pyridine rings is 2. The van der Waals surface area contributed by atoms with Crippen molar-refractivity contribution in [1.82, 2.24) is 24.3 Å². The molecule has 4 heterocycles. The van der Waals surface area contributed by atoms with Crippen LogP contribution in [0.2, 0.25) is 0 Å². The number of aromatic nitrogens is 5. The van der Waals surface area contributed by atoms with E-state index >= 15 is 0 Å². The first-order chi connectivity index (χ1) is 16.9. The maximum Gasteiger partial charge on any atom is 0.329 e. The fourth-order valence-corrected chi connectivity index (χ4v) is 4.60. The lowest BCUT2D eigenvalue weighted by molar-refractivity contribution is 0.234. The Balaban J connectivity index is 1.81. The molecule has 0 aliphatic rings. The van der Waals surface area contributed by atoms with E-state index in [1.807, 2.05) is 51.1 Å². The van der Waals surface area contributed by atoms with Crippen molar-refractivity contribution in [3.63, 3.8) is 0 Å². The van der Waals surface area contributed by atoms with E-state index in [0.717, 1.165) is 44.5 Å². The second-order valence-corrected chi connectivity index (χ2v) is 8.62. The molecule has 5 rings (SSSR count). The van der Waals surface area contributed by atoms with Crippen LogP contribution in [0.25, 0.3) is 33.1 Å². The Morgan fingerprint density at radius 1 is 1.20 bits per heavy atom. The van der Waals surface area contributed by atoms with Gasteiger partial charge in [-0.25, -0.2) is 4.79 Å². The van der Waals surface area contributed by atoms with Gasteiger partial charge in [0.05, 0.1) is 52.3 Å². The van der Waals surface area contributed by atoms with E-state index in [1.54, 1.807) is 28.6 Å². The molecule has 0 aliphatic carbocycles. The fraction of sp³-hybridized carbons (Fsp3) is 0.308. The van der Waals surface area contributed by atoms with Crippen molar-refractivity contribution in [3.05, 3.63) is 70.4 Å². The summed E-state index contributed by atoms with van der Waals surface area (Å²) in [6.07, 6.45) is 3.95. The number of hydrogen-bond donors (Lipinski definition) is 1. The zero-order valence-corrected chi connectivity index (χ0v) is 20.1. The van der Waals surface area contributed by atoms with Gasteiger partial charge in [0, 0.05) is 37.2 Å². The fourth-order valence-electron chi connectivity index (χ4n) is 4.60. The molecule has 0 saturated heterocycles. The van der Waals surface area contributed by atoms with Crippen molar-refractivity contribution >= 4 is 21.9 Å². The van der Waals surface area contributed by atoms with Crippen LogP contribution >= 0.6 is 0 Å². The van der Waals surface area contributed by atoms with E-state index in [2.05, 4.69) is 15.1 Å². The highest BCUT2D eigenvalue weighted by molar-refractivity contribution is 6.05. The van der Waals surface area contributed by atoms with Gasteiger partial charge in [0.2, 0.25) is 0 Å². The van der Waals surface area contributed by atoms with E-state index < -0.39 is 0 Å². The molecule has 0 fully saturated rings. The van der Waals surface area contributed by atoms with Crippen molar-refractivity contribution in [1.29, 1.82) is 0 Å². The summed E-state index contributed by atoms with van der Waals surface area (Å²) in [5, 5.41) is 14.2. The van der Waals surface area contributed by atoms with Crippen LogP contribution in [0.15, 0.2) is 52.0 Å². The molecule has 35 heavy (non-hydrogen) atoms. The third-order valence-electron chi connectivity index (χ3n) is 6.38. The Labute approximate surface area is 201 Å². The van der Waals surface area contributed by atoms with Crippen molar-refractivity contribution in [3.8, 4) is 16.9 Å². The van der Waals surface area contributed by atoms with Crippen LogP contribution in [0, 0.1) is 13.8 Å². The summed E-state index contributed by atoms with van der Waals surface area (Å²) in [5.74, 6) is 1.29. The number of aryl methyl sites for hydroxylation is 3. The topological polar surface area (TPSA) is 108 Å². The highest BCUT2D eigenvalue weighted by atomic mass is 16.5. The van der Waals surface area contributed by atoms with Crippen molar-refractivity contribution in [2.45, 2.75) is 33.2 Å². The van der Waals surface area contributed by atoms with Gasteiger partial charge in [0.15, 0.2) is 0 Å². The first kappa shape index (κ1) is 22.8. The van der Waals surface area contributed by atoms with Crippen LogP contribution in [-0.2, 0) is 7.05 Å². The zero-order valence-electron chi connectivity index (χ0n) is 20.1. The Kier molecular flexibility index (Phi) is 5.86. The number of imidazole rings is 1. The number of benzene rings is 1. The monoisotopic (exact) mass is 473 g/mol. The van der Waals surface area contributed by atoms with E-state index in [1.165, 1.54) is 0 Å². The molecule has 4 aromatic heterocycles. The van der Waals surface area contributed by atoms with Gasteiger partial charge in [-0.05, 0) is 45.0 Å². The summed E-state index contributed by atoms with van der Waals surface area (Å²) in [6, 6.07) is 9.26. The molecule has 0 saturated carbocycles. The van der Waals surface area contributed by atoms with Gasteiger partial charge in [-0.3, -0.25) is 19.1 Å². The number of fused-ring (bicyclic) bond motifs is 3. The number of aliphatic hydroxyl groups is 1. The largest absolute Gasteiger partial charge is 0.493 e. The summed E-state index contributed by atoms with van der Waals surface area (Å²) in [5.41, 5.74) is 5.24. The van der Waals surface area contributed by atoms with Crippen LogP contribution < -0.4 is 10.4 Å². The lowest BCUT2D eigenvalue weighted by atomic mass is 10.00. The lowest BCUT2D eigenvalue weighted by Gasteiger charge is -2.16. The maximum atomic E-state index is 13.4. The SMILES string of the molecule is Cc1noc(C)c1-c1cc2ncc3c(c2cc1OCCCO)n(C(C)c1ccccn1)c(=O)n3C. The molecule has 0 spiro atoms. The number of nitrogens with zero attached hydrogens (tertiary/aromatic N) is 5. The molecule has 5 aromatic rings. The molecule has 1 unspecified atom stereocenters. The van der Waals surface area contributed by atoms with Crippen LogP contribution in [0.3, 0.4) is 0 Å². The number of ether oxygens (including phenoxy) is 1. The summed E-state index contributed by atoms with van der Waals surface area (Å²) in [7, 11) is 1.75. The van der Waals surface area contributed by atoms with Gasteiger partial charge >= 0.3 is 5.69 Å². The van der Waals surface area contributed by atoms with Gasteiger partial charge in [0.25, 0.3) is 0 Å². The third-order valence-corrected chi connectivity index (χ3v) is 6.38. The average molecular weight is 474 g/mol. The molecule has 1 N–H and O–H groups in total. The maximum absolute atomic E-state index is 13.4. The van der Waals surface area contributed by atoms with Gasteiger partial charge < -0.3 is 14.4 Å². The first-order valence-electron chi connectivity index (χ1n) is 11.5. The van der Waals surface area contributed by atoms with Crippen molar-refractivity contribution in [2.24, 2.45) is 7.05 Å². The van der Waals surface area contributed by atoms with Crippen molar-refractivity contribution < 1.29 is 14.4 Å². The molecule has 9 heteroatoms. The highest BCUT2D eigenvalue weighted by Gasteiger charge is 2.23. The summed E-state index contributed by atoms with van der Waals surface area (Å²) < 4.78 is 14.9. The molecule has 0 amide bonds. The summed E-state index contributed by atoms with van der Waals surface area (Å²) >= 11 is 0. The Hall–Kier alpha value is -3.98. The van der Waals surface area contributed by atoms with Crippen molar-refractivity contribution in [2.75, 3.05) is 13.2 Å². The van der Waals surface area contributed by atoms with Crippen LogP contribution in [0.4, 0.5) is 0 Å². The van der Waals surface area contributed by atoms with Crippen LogP contribution in [0.1, 0.15) is 36.5 Å². The normalized spacial score (nSPS) is 12.5. The molecular formula is C26H27N5O4. The molecule has 1 atom stereocenters. The molecule has 0 aliphatic heterocycles. The lowest BCUT2D eigenvalue weighted by Crippen LogP contribution is -2.25. The zero-order chi connectivity index (χ0) is 24.7. The van der Waals surface area contributed by atoms with Crippen LogP contribution in [0.5, 0.6) is 5.75 Å². The van der Waals surface area contributed by atoms with E-state index in [4.69, 9.17) is 9.26 Å². The molecule has 9 nitrogen and oxygen atoms in total. The summed E-state index contributed by atoms with van der Waals surface area (Å²) in [4.78, 5) is 22.5. The van der Waals surface area contributed by atoms with E-state index in [0.29, 0.717) is 24.5 Å². The first-order valence-corrected chi connectivity index (χ1v) is 11.5. The average Bonchev–Trinajstić information content (AvgIpc) is 3.34. The van der Waals surface area contributed by atoms with E-state index in [-0.39, 0.29) is 18.3 Å². The quantitative estimate of drug-likeness (QED) is 0.357. The molecule has 180 valence electrons. The van der Waals surface area contributed by atoms with Gasteiger partial charge in [-0.1, -0.05) is 11.2 Å². The van der Waals surface area contributed by atoms with Gasteiger partial charge in [-0.15, -0.1) is 0 Å². The minimum atomic E-state index is -0.293. The number of hydrogen-bond acceptors (Lipinski definition) is 7.